The molecular formula is C23H26F2O3. The lowest BCUT2D eigenvalue weighted by Crippen LogP contribution is -2.28. The molecule has 1 aliphatic rings. The highest BCUT2D eigenvalue weighted by molar-refractivity contribution is 5.75. The maximum Gasteiger partial charge on any atom is 0.314 e. The number of hydrogen-bond donors (Lipinski definition) is 0. The van der Waals surface area contributed by atoms with Crippen LogP contribution in [0, 0.1) is 17.6 Å². The number of aryl methyl sites for hydroxylation is 2. The average Bonchev–Trinajstić information content (AvgIpc) is 2.71. The van der Waals surface area contributed by atoms with Gasteiger partial charge in [-0.05, 0) is 80.8 Å². The molecule has 0 heterocycles. The Balaban J connectivity index is 1.47. The molecule has 2 aromatic carbocycles. The molecule has 0 amide bonds. The van der Waals surface area contributed by atoms with Gasteiger partial charge in [0.1, 0.15) is 5.75 Å². The van der Waals surface area contributed by atoms with Crippen LogP contribution in [0.15, 0.2) is 42.5 Å². The topological polar surface area (TPSA) is 35.5 Å². The predicted octanol–water partition coefficient (Wildman–Crippen LogP) is 5.25. The lowest BCUT2D eigenvalue weighted by Gasteiger charge is -2.26. The minimum Gasteiger partial charge on any atom is -0.426 e. The maximum absolute atomic E-state index is 13.3. The van der Waals surface area contributed by atoms with Crippen molar-refractivity contribution in [1.29, 1.82) is 0 Å². The van der Waals surface area contributed by atoms with Gasteiger partial charge in [-0.15, -0.1) is 0 Å². The van der Waals surface area contributed by atoms with Crippen molar-refractivity contribution < 1.29 is 23.0 Å². The van der Waals surface area contributed by atoms with E-state index in [1.807, 2.05) is 19.1 Å². The first-order valence-corrected chi connectivity index (χ1v) is 9.91. The predicted molar refractivity (Wildman–Crippen MR) is 103 cm³/mol. The smallest absolute Gasteiger partial charge is 0.314 e. The van der Waals surface area contributed by atoms with Crippen LogP contribution in [0.4, 0.5) is 8.78 Å². The van der Waals surface area contributed by atoms with Gasteiger partial charge in [0, 0.05) is 6.61 Å². The molecule has 1 saturated carbocycles. The van der Waals surface area contributed by atoms with Crippen LogP contribution in [0.3, 0.4) is 0 Å². The van der Waals surface area contributed by atoms with E-state index in [0.717, 1.165) is 42.9 Å². The van der Waals surface area contributed by atoms with Crippen LogP contribution >= 0.6 is 0 Å². The van der Waals surface area contributed by atoms with E-state index in [2.05, 4.69) is 0 Å². The van der Waals surface area contributed by atoms with E-state index in [1.54, 1.807) is 18.2 Å². The molecule has 0 bridgehead atoms. The van der Waals surface area contributed by atoms with E-state index >= 15 is 0 Å². The Morgan fingerprint density at radius 1 is 0.929 bits per heavy atom. The Hall–Kier alpha value is -2.27. The molecule has 2 aromatic rings. The molecule has 0 atom stereocenters. The second-order valence-corrected chi connectivity index (χ2v) is 7.24. The number of esters is 1. The first-order valence-electron chi connectivity index (χ1n) is 9.91. The van der Waals surface area contributed by atoms with E-state index in [4.69, 9.17) is 9.47 Å². The van der Waals surface area contributed by atoms with Gasteiger partial charge in [-0.1, -0.05) is 18.2 Å². The van der Waals surface area contributed by atoms with Gasteiger partial charge >= 0.3 is 5.97 Å². The number of carbonyl (C=O) groups is 1. The van der Waals surface area contributed by atoms with Crippen LogP contribution in [0.25, 0.3) is 0 Å². The number of halogens is 2. The van der Waals surface area contributed by atoms with Crippen molar-refractivity contribution in [2.45, 2.75) is 51.6 Å². The maximum atomic E-state index is 13.3. The van der Waals surface area contributed by atoms with E-state index < -0.39 is 11.6 Å². The quantitative estimate of drug-likeness (QED) is 0.480. The third-order valence-corrected chi connectivity index (χ3v) is 5.24. The van der Waals surface area contributed by atoms with E-state index in [9.17, 15) is 13.6 Å². The number of hydrogen-bond acceptors (Lipinski definition) is 3. The molecule has 5 heteroatoms. The van der Waals surface area contributed by atoms with Gasteiger partial charge in [0.05, 0.1) is 12.0 Å². The molecule has 1 fully saturated rings. The van der Waals surface area contributed by atoms with Crippen molar-refractivity contribution in [3.05, 3.63) is 65.2 Å². The Bertz CT molecular complexity index is 781. The second-order valence-electron chi connectivity index (χ2n) is 7.24. The molecule has 0 saturated heterocycles. The molecule has 3 rings (SSSR count). The minimum absolute atomic E-state index is 0.0650. The highest BCUT2D eigenvalue weighted by atomic mass is 19.2. The lowest BCUT2D eigenvalue weighted by molar-refractivity contribution is -0.141. The van der Waals surface area contributed by atoms with Crippen molar-refractivity contribution in [1.82, 2.24) is 0 Å². The molecular weight excluding hydrogens is 362 g/mol. The zero-order valence-corrected chi connectivity index (χ0v) is 16.1. The summed E-state index contributed by atoms with van der Waals surface area (Å²) in [7, 11) is 0. The Labute approximate surface area is 164 Å². The standard InChI is InChI=1S/C23H26F2O3/c1-2-27-19-12-8-18(9-13-19)23(26)28-20-10-5-16(6-11-20)3-4-17-7-14-21(24)22(25)15-17/h5-7,10-11,14-15,18-19H,2-4,8-9,12-13H2,1H3. The van der Waals surface area contributed by atoms with Crippen LogP contribution in [0.1, 0.15) is 43.7 Å². The minimum atomic E-state index is -0.832. The van der Waals surface area contributed by atoms with Crippen LogP contribution in [-0.4, -0.2) is 18.7 Å². The SMILES string of the molecule is CCOC1CCC(C(=O)Oc2ccc(CCc3ccc(F)c(F)c3)cc2)CC1. The lowest BCUT2D eigenvalue weighted by atomic mass is 9.87. The largest absolute Gasteiger partial charge is 0.426 e. The molecule has 0 N–H and O–H groups in total. The van der Waals surface area contributed by atoms with Gasteiger partial charge in [-0.25, -0.2) is 8.78 Å². The number of carbonyl (C=O) groups excluding carboxylic acids is 1. The zero-order chi connectivity index (χ0) is 19.9. The summed E-state index contributed by atoms with van der Waals surface area (Å²) in [5.74, 6) is -1.36. The summed E-state index contributed by atoms with van der Waals surface area (Å²) in [6, 6.07) is 11.3. The van der Waals surface area contributed by atoms with Crippen molar-refractivity contribution in [2.24, 2.45) is 5.92 Å². The van der Waals surface area contributed by atoms with Gasteiger partial charge in [0.2, 0.25) is 0 Å². The normalized spacial score (nSPS) is 19.4. The van der Waals surface area contributed by atoms with Crippen molar-refractivity contribution >= 4 is 5.97 Å². The van der Waals surface area contributed by atoms with Gasteiger partial charge in [0.25, 0.3) is 0 Å². The molecule has 0 radical (unpaired) electrons. The second kappa shape index (κ2) is 9.78. The third-order valence-electron chi connectivity index (χ3n) is 5.24. The molecule has 28 heavy (non-hydrogen) atoms. The molecule has 0 aromatic heterocycles. The van der Waals surface area contributed by atoms with Crippen molar-refractivity contribution in [3.63, 3.8) is 0 Å². The molecule has 0 unspecified atom stereocenters. The van der Waals surface area contributed by atoms with Crippen LogP contribution in [0.2, 0.25) is 0 Å². The third kappa shape index (κ3) is 5.61. The highest BCUT2D eigenvalue weighted by Gasteiger charge is 2.27. The fourth-order valence-electron chi connectivity index (χ4n) is 3.61. The summed E-state index contributed by atoms with van der Waals surface area (Å²) in [4.78, 5) is 12.4. The van der Waals surface area contributed by atoms with Crippen molar-refractivity contribution in [2.75, 3.05) is 6.61 Å². The van der Waals surface area contributed by atoms with Crippen LogP contribution in [0.5, 0.6) is 5.75 Å². The summed E-state index contributed by atoms with van der Waals surface area (Å²) >= 11 is 0. The van der Waals surface area contributed by atoms with Crippen molar-refractivity contribution in [3.8, 4) is 5.75 Å². The Morgan fingerprint density at radius 3 is 2.21 bits per heavy atom. The molecule has 150 valence electrons. The van der Waals surface area contributed by atoms with Gasteiger partial charge in [0.15, 0.2) is 11.6 Å². The van der Waals surface area contributed by atoms with E-state index in [0.29, 0.717) is 25.2 Å². The fourth-order valence-corrected chi connectivity index (χ4v) is 3.61. The fraction of sp³-hybridized carbons (Fsp3) is 0.435. The molecule has 0 aliphatic heterocycles. The Morgan fingerprint density at radius 2 is 1.57 bits per heavy atom. The highest BCUT2D eigenvalue weighted by Crippen LogP contribution is 2.28. The summed E-state index contributed by atoms with van der Waals surface area (Å²) in [6.45, 7) is 2.70. The molecule has 3 nitrogen and oxygen atoms in total. The van der Waals surface area contributed by atoms with Gasteiger partial charge < -0.3 is 9.47 Å². The van der Waals surface area contributed by atoms with Crippen LogP contribution < -0.4 is 4.74 Å². The number of benzene rings is 2. The molecule has 1 aliphatic carbocycles. The van der Waals surface area contributed by atoms with E-state index in [1.165, 1.54) is 6.07 Å². The first-order chi connectivity index (χ1) is 13.5. The summed E-state index contributed by atoms with van der Waals surface area (Å²) in [6.07, 6.45) is 4.97. The van der Waals surface area contributed by atoms with Crippen LogP contribution in [-0.2, 0) is 22.4 Å². The summed E-state index contributed by atoms with van der Waals surface area (Å²) in [5, 5.41) is 0. The average molecular weight is 388 g/mol. The van der Waals surface area contributed by atoms with E-state index in [-0.39, 0.29) is 18.0 Å². The van der Waals surface area contributed by atoms with Gasteiger partial charge in [-0.2, -0.15) is 0 Å². The summed E-state index contributed by atoms with van der Waals surface area (Å²) < 4.78 is 37.4. The first kappa shape index (κ1) is 20.5. The number of rotatable bonds is 7. The summed E-state index contributed by atoms with van der Waals surface area (Å²) in [5.41, 5.74) is 1.79. The number of ether oxygens (including phenoxy) is 2. The monoisotopic (exact) mass is 388 g/mol. The molecule has 0 spiro atoms. The Kier molecular flexibility index (Phi) is 7.15. The zero-order valence-electron chi connectivity index (χ0n) is 16.1. The van der Waals surface area contributed by atoms with Gasteiger partial charge in [-0.3, -0.25) is 4.79 Å².